The number of halogens is 2. The van der Waals surface area contributed by atoms with Crippen LogP contribution < -0.4 is 5.32 Å². The lowest BCUT2D eigenvalue weighted by Crippen LogP contribution is -2.30. The van der Waals surface area contributed by atoms with E-state index < -0.39 is 6.09 Å². The van der Waals surface area contributed by atoms with Crippen LogP contribution in [0.25, 0.3) is 0 Å². The monoisotopic (exact) mass is 523 g/mol. The highest BCUT2D eigenvalue weighted by molar-refractivity contribution is 9.11. The number of ether oxygens (including phenoxy) is 1. The van der Waals surface area contributed by atoms with E-state index in [4.69, 9.17) is 4.74 Å². The van der Waals surface area contributed by atoms with Crippen LogP contribution >= 0.6 is 31.9 Å². The average Bonchev–Trinajstić information content (AvgIpc) is 2.59. The lowest BCUT2D eigenvalue weighted by molar-refractivity contribution is 0.149. The number of nitrogens with one attached hydrogen (secondary N) is 1. The molecule has 2 rings (SSSR count). The average molecular weight is 525 g/mol. The van der Waals surface area contributed by atoms with Crippen molar-refractivity contribution in [2.75, 3.05) is 6.61 Å². The van der Waals surface area contributed by atoms with Crippen LogP contribution in [-0.2, 0) is 15.6 Å². The van der Waals surface area contributed by atoms with Gasteiger partial charge in [-0.05, 0) is 46.6 Å². The van der Waals surface area contributed by atoms with Crippen molar-refractivity contribution >= 4 is 38.0 Å². The standard InChI is InChI=1S/C24H31Br2NO2/c1-8-29-22(28)27-21(15-9-11-16(12-10-15)23(2,3)4)20-18(25)13-17(14-19(20)26)24(5,6)7/h9-14,21H,8H2,1-7H3,(H,27,28). The molecule has 0 aliphatic rings. The van der Waals surface area contributed by atoms with E-state index in [0.29, 0.717) is 6.61 Å². The molecule has 2 aromatic carbocycles. The number of carbonyl (C=O) groups excluding carboxylic acids is 1. The van der Waals surface area contributed by atoms with Gasteiger partial charge in [0.15, 0.2) is 0 Å². The largest absolute Gasteiger partial charge is 0.450 e. The number of carbonyl (C=O) groups is 1. The molecule has 1 N–H and O–H groups in total. The maximum absolute atomic E-state index is 12.3. The van der Waals surface area contributed by atoms with Crippen molar-refractivity contribution in [2.24, 2.45) is 0 Å². The van der Waals surface area contributed by atoms with Crippen LogP contribution in [0.5, 0.6) is 0 Å². The summed E-state index contributed by atoms with van der Waals surface area (Å²) in [5, 5.41) is 3.03. The summed E-state index contributed by atoms with van der Waals surface area (Å²) in [6, 6.07) is 12.3. The Kier molecular flexibility index (Phi) is 7.61. The van der Waals surface area contributed by atoms with Crippen LogP contribution in [0.2, 0.25) is 0 Å². The molecule has 1 atom stereocenters. The topological polar surface area (TPSA) is 38.3 Å². The lowest BCUT2D eigenvalue weighted by Gasteiger charge is -2.26. The summed E-state index contributed by atoms with van der Waals surface area (Å²) in [6.07, 6.45) is -0.434. The summed E-state index contributed by atoms with van der Waals surface area (Å²) in [7, 11) is 0. The normalized spacial score (nSPS) is 13.1. The Morgan fingerprint density at radius 3 is 1.83 bits per heavy atom. The molecule has 0 heterocycles. The van der Waals surface area contributed by atoms with Gasteiger partial charge in [0.2, 0.25) is 0 Å². The zero-order valence-electron chi connectivity index (χ0n) is 18.3. The minimum atomic E-state index is -0.434. The third kappa shape index (κ3) is 6.08. The molecule has 2 aromatic rings. The SMILES string of the molecule is CCOC(=O)NC(c1ccc(C(C)(C)C)cc1)c1c(Br)cc(C(C)(C)C)cc1Br. The van der Waals surface area contributed by atoms with Gasteiger partial charge in [0.25, 0.3) is 0 Å². The number of amides is 1. The molecule has 0 saturated heterocycles. The first-order valence-corrected chi connectivity index (χ1v) is 11.5. The first-order chi connectivity index (χ1) is 13.3. The highest BCUT2D eigenvalue weighted by Crippen LogP contribution is 2.39. The Hall–Kier alpha value is -1.33. The molecule has 1 unspecified atom stereocenters. The number of rotatable bonds is 4. The Bertz CT molecular complexity index is 839. The van der Waals surface area contributed by atoms with Gasteiger partial charge in [0, 0.05) is 14.5 Å². The molecule has 0 aliphatic heterocycles. The fourth-order valence-electron chi connectivity index (χ4n) is 3.08. The van der Waals surface area contributed by atoms with E-state index in [9.17, 15) is 4.79 Å². The summed E-state index contributed by atoms with van der Waals surface area (Å²) >= 11 is 7.48. The van der Waals surface area contributed by atoms with Gasteiger partial charge in [-0.2, -0.15) is 0 Å². The zero-order chi connectivity index (χ0) is 22.0. The number of hydrogen-bond acceptors (Lipinski definition) is 2. The second-order valence-electron chi connectivity index (χ2n) is 9.27. The molecule has 158 valence electrons. The molecule has 5 heteroatoms. The van der Waals surface area contributed by atoms with Crippen molar-refractivity contribution in [3.8, 4) is 0 Å². The van der Waals surface area contributed by atoms with E-state index in [1.807, 2.05) is 0 Å². The first kappa shape index (κ1) is 23.9. The Morgan fingerprint density at radius 2 is 1.41 bits per heavy atom. The van der Waals surface area contributed by atoms with Crippen molar-refractivity contribution in [3.05, 3.63) is 67.6 Å². The van der Waals surface area contributed by atoms with Crippen molar-refractivity contribution in [1.29, 1.82) is 0 Å². The predicted octanol–water partition coefficient (Wildman–Crippen LogP) is 7.64. The molecule has 0 aliphatic carbocycles. The second-order valence-corrected chi connectivity index (χ2v) is 11.0. The van der Waals surface area contributed by atoms with Gasteiger partial charge in [-0.15, -0.1) is 0 Å². The third-order valence-electron chi connectivity index (χ3n) is 4.88. The van der Waals surface area contributed by atoms with Crippen LogP contribution in [0.15, 0.2) is 45.3 Å². The minimum absolute atomic E-state index is 0.0159. The van der Waals surface area contributed by atoms with E-state index >= 15 is 0 Å². The maximum atomic E-state index is 12.3. The number of hydrogen-bond donors (Lipinski definition) is 1. The van der Waals surface area contributed by atoms with E-state index in [0.717, 1.165) is 20.1 Å². The van der Waals surface area contributed by atoms with Crippen LogP contribution in [0.4, 0.5) is 4.79 Å². The molecule has 0 aromatic heterocycles. The molecule has 0 fully saturated rings. The molecular formula is C24H31Br2NO2. The fraction of sp³-hybridized carbons (Fsp3) is 0.458. The maximum Gasteiger partial charge on any atom is 0.407 e. The van der Waals surface area contributed by atoms with Crippen LogP contribution in [0.3, 0.4) is 0 Å². The molecule has 3 nitrogen and oxygen atoms in total. The van der Waals surface area contributed by atoms with Crippen molar-refractivity contribution in [3.63, 3.8) is 0 Å². The number of alkyl carbamates (subject to hydrolysis) is 1. The van der Waals surface area contributed by atoms with Crippen molar-refractivity contribution in [1.82, 2.24) is 5.32 Å². The molecule has 1 amide bonds. The summed E-state index contributed by atoms with van der Waals surface area (Å²) in [6.45, 7) is 15.2. The van der Waals surface area contributed by atoms with E-state index in [1.54, 1.807) is 6.92 Å². The van der Waals surface area contributed by atoms with Crippen molar-refractivity contribution < 1.29 is 9.53 Å². The highest BCUT2D eigenvalue weighted by Gasteiger charge is 2.25. The van der Waals surface area contributed by atoms with Gasteiger partial charge < -0.3 is 10.1 Å². The Labute approximate surface area is 191 Å². The van der Waals surface area contributed by atoms with Crippen LogP contribution in [0, 0.1) is 0 Å². The summed E-state index contributed by atoms with van der Waals surface area (Å²) in [4.78, 5) is 12.3. The van der Waals surface area contributed by atoms with Crippen molar-refractivity contribution in [2.45, 2.75) is 65.3 Å². The lowest BCUT2D eigenvalue weighted by atomic mass is 9.84. The molecule has 29 heavy (non-hydrogen) atoms. The van der Waals surface area contributed by atoms with Crippen LogP contribution in [0.1, 0.15) is 76.8 Å². The summed E-state index contributed by atoms with van der Waals surface area (Å²) in [5.74, 6) is 0. The first-order valence-electron chi connectivity index (χ1n) is 9.87. The predicted molar refractivity (Wildman–Crippen MR) is 128 cm³/mol. The van der Waals surface area contributed by atoms with E-state index in [-0.39, 0.29) is 16.9 Å². The smallest absolute Gasteiger partial charge is 0.407 e. The minimum Gasteiger partial charge on any atom is -0.450 e. The van der Waals surface area contributed by atoms with Gasteiger partial charge in [-0.3, -0.25) is 0 Å². The fourth-order valence-corrected chi connectivity index (χ4v) is 4.73. The Balaban J connectivity index is 2.56. The summed E-state index contributed by atoms with van der Waals surface area (Å²) in [5.41, 5.74) is 4.50. The van der Waals surface area contributed by atoms with Gasteiger partial charge >= 0.3 is 6.09 Å². The molecule has 0 spiro atoms. The van der Waals surface area contributed by atoms with Gasteiger partial charge in [0.1, 0.15) is 0 Å². The van der Waals surface area contributed by atoms with E-state index in [1.165, 1.54) is 11.1 Å². The molecular weight excluding hydrogens is 494 g/mol. The zero-order valence-corrected chi connectivity index (χ0v) is 21.5. The van der Waals surface area contributed by atoms with Gasteiger partial charge in [-0.1, -0.05) is 97.7 Å². The summed E-state index contributed by atoms with van der Waals surface area (Å²) < 4.78 is 7.06. The highest BCUT2D eigenvalue weighted by atomic mass is 79.9. The second kappa shape index (κ2) is 9.22. The molecule has 0 saturated carbocycles. The quantitative estimate of drug-likeness (QED) is 0.446. The molecule has 0 bridgehead atoms. The van der Waals surface area contributed by atoms with E-state index in [2.05, 4.69) is 115 Å². The molecule has 0 radical (unpaired) electrons. The van der Waals surface area contributed by atoms with Gasteiger partial charge in [0.05, 0.1) is 12.6 Å². The third-order valence-corrected chi connectivity index (χ3v) is 6.19. The van der Waals surface area contributed by atoms with Crippen LogP contribution in [-0.4, -0.2) is 12.7 Å². The Morgan fingerprint density at radius 1 is 0.931 bits per heavy atom. The van der Waals surface area contributed by atoms with Gasteiger partial charge in [-0.25, -0.2) is 4.79 Å². The number of benzene rings is 2.